The van der Waals surface area contributed by atoms with Gasteiger partial charge >= 0.3 is 0 Å². The number of hydrogen-bond donors (Lipinski definition) is 0. The number of likely N-dealkylation sites (tertiary alicyclic amines) is 1. The highest BCUT2D eigenvalue weighted by atomic mass is 16.2. The number of carbonyl (C=O) groups excluding carboxylic acids is 1. The van der Waals surface area contributed by atoms with E-state index in [9.17, 15) is 4.79 Å². The fourth-order valence-electron chi connectivity index (χ4n) is 3.80. The first kappa shape index (κ1) is 18.2. The number of hydrogen-bond acceptors (Lipinski definition) is 3. The molecule has 1 aromatic rings. The van der Waals surface area contributed by atoms with Crippen LogP contribution in [-0.2, 0) is 4.79 Å². The van der Waals surface area contributed by atoms with Crippen molar-refractivity contribution in [3.05, 3.63) is 42.0 Å². The van der Waals surface area contributed by atoms with Crippen molar-refractivity contribution in [2.24, 2.45) is 0 Å². The largest absolute Gasteiger partial charge is 0.340 e. The molecule has 0 aromatic heterocycles. The number of amides is 1. The number of benzene rings is 1. The van der Waals surface area contributed by atoms with Crippen molar-refractivity contribution in [2.45, 2.75) is 32.2 Å². The highest BCUT2D eigenvalue weighted by Gasteiger charge is 2.25. The summed E-state index contributed by atoms with van der Waals surface area (Å²) in [4.78, 5) is 19.3. The van der Waals surface area contributed by atoms with Crippen molar-refractivity contribution >= 4 is 12.0 Å². The van der Waals surface area contributed by atoms with Crippen LogP contribution in [0.3, 0.4) is 0 Å². The second-order valence-electron chi connectivity index (χ2n) is 7.28. The van der Waals surface area contributed by atoms with Gasteiger partial charge in [0.25, 0.3) is 0 Å². The van der Waals surface area contributed by atoms with Crippen LogP contribution in [0.4, 0.5) is 0 Å². The number of carbonyl (C=O) groups is 1. The first-order valence-electron chi connectivity index (χ1n) is 9.68. The minimum atomic E-state index is 0.346. The molecule has 0 unspecified atom stereocenters. The predicted molar refractivity (Wildman–Crippen MR) is 103 cm³/mol. The summed E-state index contributed by atoms with van der Waals surface area (Å²) in [6.45, 7) is 9.38. The van der Waals surface area contributed by atoms with Gasteiger partial charge in [0.15, 0.2) is 0 Å². The van der Waals surface area contributed by atoms with Gasteiger partial charge in [-0.25, -0.2) is 0 Å². The molecule has 2 aliphatic heterocycles. The fraction of sp³-hybridized carbons (Fsp3) is 0.571. The lowest BCUT2D eigenvalue weighted by Gasteiger charge is -2.34. The summed E-state index contributed by atoms with van der Waals surface area (Å²) in [7, 11) is 0. The molecule has 4 nitrogen and oxygen atoms in total. The van der Waals surface area contributed by atoms with Crippen molar-refractivity contribution in [2.75, 3.05) is 45.8 Å². The molecule has 1 amide bonds. The van der Waals surface area contributed by atoms with Crippen LogP contribution in [0.1, 0.15) is 31.7 Å². The van der Waals surface area contributed by atoms with E-state index in [1.54, 1.807) is 0 Å². The maximum atomic E-state index is 12.3. The van der Waals surface area contributed by atoms with Gasteiger partial charge in [0.1, 0.15) is 0 Å². The maximum Gasteiger partial charge on any atom is 0.224 e. The Morgan fingerprint density at radius 1 is 1.08 bits per heavy atom. The molecule has 136 valence electrons. The van der Waals surface area contributed by atoms with Crippen LogP contribution in [0.15, 0.2) is 36.4 Å². The Balaban J connectivity index is 1.33. The lowest BCUT2D eigenvalue weighted by Crippen LogP contribution is -2.47. The van der Waals surface area contributed by atoms with Crippen molar-refractivity contribution in [3.63, 3.8) is 0 Å². The van der Waals surface area contributed by atoms with Gasteiger partial charge in [-0.2, -0.15) is 0 Å². The SMILES string of the molecule is C[C@@H]1CCCN1C(=O)CCN1CCN(C/C=C\c2ccccc2)CC1. The van der Waals surface area contributed by atoms with Gasteiger partial charge in [-0.15, -0.1) is 0 Å². The van der Waals surface area contributed by atoms with Crippen molar-refractivity contribution < 1.29 is 4.79 Å². The maximum absolute atomic E-state index is 12.3. The second-order valence-corrected chi connectivity index (χ2v) is 7.28. The highest BCUT2D eigenvalue weighted by molar-refractivity contribution is 5.77. The summed E-state index contributed by atoms with van der Waals surface area (Å²) in [5.74, 6) is 0.346. The van der Waals surface area contributed by atoms with E-state index in [4.69, 9.17) is 0 Å². The van der Waals surface area contributed by atoms with Gasteiger partial charge in [0, 0.05) is 58.3 Å². The third-order valence-corrected chi connectivity index (χ3v) is 5.45. The molecule has 0 N–H and O–H groups in total. The van der Waals surface area contributed by atoms with E-state index in [1.165, 1.54) is 18.4 Å². The zero-order valence-electron chi connectivity index (χ0n) is 15.4. The monoisotopic (exact) mass is 341 g/mol. The van der Waals surface area contributed by atoms with E-state index in [0.29, 0.717) is 18.4 Å². The van der Waals surface area contributed by atoms with Crippen molar-refractivity contribution in [1.29, 1.82) is 0 Å². The summed E-state index contributed by atoms with van der Waals surface area (Å²) < 4.78 is 0. The van der Waals surface area contributed by atoms with Gasteiger partial charge in [0.2, 0.25) is 5.91 Å². The van der Waals surface area contributed by atoms with Crippen LogP contribution in [0.2, 0.25) is 0 Å². The standard InChI is InChI=1S/C21H31N3O/c1-19-7-5-13-24(19)21(25)11-14-23-17-15-22(16-18-23)12-6-10-20-8-3-2-4-9-20/h2-4,6,8-10,19H,5,7,11-18H2,1H3/b10-6-/t19-/m1/s1. The molecule has 0 bridgehead atoms. The molecule has 1 aromatic carbocycles. The fourth-order valence-corrected chi connectivity index (χ4v) is 3.80. The number of nitrogens with zero attached hydrogens (tertiary/aromatic N) is 3. The molecule has 3 rings (SSSR count). The van der Waals surface area contributed by atoms with Crippen LogP contribution in [-0.4, -0.2) is 72.5 Å². The quantitative estimate of drug-likeness (QED) is 0.796. The van der Waals surface area contributed by atoms with Gasteiger partial charge in [-0.1, -0.05) is 42.5 Å². The summed E-state index contributed by atoms with van der Waals surface area (Å²) >= 11 is 0. The van der Waals surface area contributed by atoms with Crippen LogP contribution >= 0.6 is 0 Å². The van der Waals surface area contributed by atoms with E-state index < -0.39 is 0 Å². The van der Waals surface area contributed by atoms with Gasteiger partial charge < -0.3 is 9.80 Å². The molecule has 0 radical (unpaired) electrons. The van der Waals surface area contributed by atoms with Gasteiger partial charge in [-0.3, -0.25) is 9.69 Å². The van der Waals surface area contributed by atoms with Gasteiger partial charge in [0.05, 0.1) is 0 Å². The highest BCUT2D eigenvalue weighted by Crippen LogP contribution is 2.17. The van der Waals surface area contributed by atoms with E-state index in [-0.39, 0.29) is 0 Å². The molecule has 0 aliphatic carbocycles. The van der Waals surface area contributed by atoms with E-state index in [2.05, 4.69) is 58.0 Å². The smallest absolute Gasteiger partial charge is 0.224 e. The lowest BCUT2D eigenvalue weighted by molar-refractivity contribution is -0.132. The third kappa shape index (κ3) is 5.41. The molecule has 2 aliphatic rings. The summed E-state index contributed by atoms with van der Waals surface area (Å²) in [5.41, 5.74) is 1.26. The van der Waals surface area contributed by atoms with E-state index in [1.807, 2.05) is 6.07 Å². The molecule has 4 heteroatoms. The van der Waals surface area contributed by atoms with Gasteiger partial charge in [-0.05, 0) is 25.3 Å². The molecule has 2 heterocycles. The van der Waals surface area contributed by atoms with Crippen LogP contribution in [0.5, 0.6) is 0 Å². The molecule has 25 heavy (non-hydrogen) atoms. The predicted octanol–water partition coefficient (Wildman–Crippen LogP) is 2.72. The van der Waals surface area contributed by atoms with Crippen LogP contribution in [0, 0.1) is 0 Å². The average molecular weight is 341 g/mol. The number of rotatable bonds is 6. The zero-order chi connectivity index (χ0) is 17.5. The molecular weight excluding hydrogens is 310 g/mol. The Labute approximate surface area is 152 Å². The molecule has 0 saturated carbocycles. The third-order valence-electron chi connectivity index (χ3n) is 5.45. The molecular formula is C21H31N3O. The summed E-state index contributed by atoms with van der Waals surface area (Å²) in [5, 5.41) is 0. The Kier molecular flexibility index (Phi) is 6.65. The van der Waals surface area contributed by atoms with E-state index in [0.717, 1.165) is 45.8 Å². The number of piperazine rings is 1. The summed E-state index contributed by atoms with van der Waals surface area (Å²) in [6, 6.07) is 10.9. The normalized spacial score (nSPS) is 22.8. The average Bonchev–Trinajstić information content (AvgIpc) is 3.08. The van der Waals surface area contributed by atoms with Crippen molar-refractivity contribution in [3.8, 4) is 0 Å². The molecule has 0 spiro atoms. The Bertz CT molecular complexity index is 564. The molecule has 2 saturated heterocycles. The second kappa shape index (κ2) is 9.16. The first-order chi connectivity index (χ1) is 12.2. The minimum Gasteiger partial charge on any atom is -0.340 e. The van der Waals surface area contributed by atoms with Crippen LogP contribution < -0.4 is 0 Å². The summed E-state index contributed by atoms with van der Waals surface area (Å²) in [6.07, 6.45) is 7.47. The Morgan fingerprint density at radius 2 is 1.80 bits per heavy atom. The topological polar surface area (TPSA) is 26.8 Å². The first-order valence-corrected chi connectivity index (χ1v) is 9.68. The van der Waals surface area contributed by atoms with E-state index >= 15 is 0 Å². The lowest BCUT2D eigenvalue weighted by atomic mass is 10.2. The molecule has 2 fully saturated rings. The Morgan fingerprint density at radius 3 is 2.48 bits per heavy atom. The molecule has 1 atom stereocenters. The minimum absolute atomic E-state index is 0.346. The Hall–Kier alpha value is -1.65. The zero-order valence-corrected chi connectivity index (χ0v) is 15.4. The van der Waals surface area contributed by atoms with Crippen molar-refractivity contribution in [1.82, 2.24) is 14.7 Å². The van der Waals surface area contributed by atoms with Crippen LogP contribution in [0.25, 0.3) is 6.08 Å².